The van der Waals surface area contributed by atoms with Gasteiger partial charge in [-0.15, -0.1) is 0 Å². The van der Waals surface area contributed by atoms with Gasteiger partial charge in [-0.1, -0.05) is 0 Å². The average Bonchev–Trinajstić information content (AvgIpc) is 3.03. The van der Waals surface area contributed by atoms with Crippen LogP contribution in [0.15, 0.2) is 0 Å². The van der Waals surface area contributed by atoms with Gasteiger partial charge in [0.15, 0.2) is 0 Å². The number of primary amides is 1. The van der Waals surface area contributed by atoms with E-state index >= 15 is 0 Å². The first-order chi connectivity index (χ1) is 8.37. The number of hydrogen-bond donors (Lipinski definition) is 1. The van der Waals surface area contributed by atoms with E-state index in [0.29, 0.717) is 19.5 Å². The quantitative estimate of drug-likeness (QED) is 0.732. The van der Waals surface area contributed by atoms with Gasteiger partial charge < -0.3 is 10.6 Å². The average molecular weight is 252 g/mol. The molecule has 0 aromatic rings. The fraction of sp³-hybridized carbons (Fsp3) is 0.769. The molecule has 2 unspecified atom stereocenters. The fourth-order valence-electron chi connectivity index (χ4n) is 2.68. The third kappa shape index (κ3) is 2.02. The normalized spacial score (nSPS) is 26.8. The van der Waals surface area contributed by atoms with E-state index in [4.69, 9.17) is 5.73 Å². The number of ketones is 1. The molecule has 0 bridgehead atoms. The van der Waals surface area contributed by atoms with Gasteiger partial charge in [-0.2, -0.15) is 0 Å². The number of Topliss-reactive ketones (excluding diaryl/α,β-unsaturated/α-hetero) is 1. The molecule has 2 amide bonds. The molecule has 0 radical (unpaired) electrons. The van der Waals surface area contributed by atoms with Crippen molar-refractivity contribution in [2.75, 3.05) is 13.1 Å². The Labute approximate surface area is 107 Å². The maximum atomic E-state index is 11.9. The van der Waals surface area contributed by atoms with E-state index in [2.05, 4.69) is 0 Å². The van der Waals surface area contributed by atoms with Gasteiger partial charge in [-0.3, -0.25) is 14.4 Å². The van der Waals surface area contributed by atoms with Crippen LogP contribution in [0.1, 0.15) is 33.1 Å². The third-order valence-corrected chi connectivity index (χ3v) is 4.49. The van der Waals surface area contributed by atoms with Crippen LogP contribution in [0, 0.1) is 17.3 Å². The second-order valence-electron chi connectivity index (χ2n) is 5.67. The molecule has 0 aromatic heterocycles. The van der Waals surface area contributed by atoms with Crippen molar-refractivity contribution < 1.29 is 14.4 Å². The van der Waals surface area contributed by atoms with Crippen LogP contribution in [0.2, 0.25) is 0 Å². The first kappa shape index (κ1) is 13.1. The summed E-state index contributed by atoms with van der Waals surface area (Å²) >= 11 is 0. The minimum atomic E-state index is -1.14. The molecule has 2 atom stereocenters. The molecule has 1 heterocycles. The van der Waals surface area contributed by atoms with Crippen molar-refractivity contribution in [2.24, 2.45) is 23.0 Å². The smallest absolute Gasteiger partial charge is 0.231 e. The molecule has 2 fully saturated rings. The lowest BCUT2D eigenvalue weighted by Gasteiger charge is -2.29. The summed E-state index contributed by atoms with van der Waals surface area (Å²) in [6, 6.07) is 0. The lowest BCUT2D eigenvalue weighted by molar-refractivity contribution is -0.142. The molecule has 5 heteroatoms. The van der Waals surface area contributed by atoms with Crippen molar-refractivity contribution in [2.45, 2.75) is 33.1 Å². The number of carbonyl (C=O) groups is 3. The van der Waals surface area contributed by atoms with Crippen molar-refractivity contribution in [3.63, 3.8) is 0 Å². The van der Waals surface area contributed by atoms with Crippen molar-refractivity contribution in [1.29, 1.82) is 0 Å². The van der Waals surface area contributed by atoms with Gasteiger partial charge in [0, 0.05) is 19.0 Å². The second kappa shape index (κ2) is 4.37. The highest BCUT2D eigenvalue weighted by Gasteiger charge is 2.48. The molecule has 1 aliphatic carbocycles. The van der Waals surface area contributed by atoms with Gasteiger partial charge in [0.1, 0.15) is 11.2 Å². The van der Waals surface area contributed by atoms with E-state index in [9.17, 15) is 14.4 Å². The number of nitrogens with two attached hydrogens (primary N) is 1. The largest absolute Gasteiger partial charge is 0.369 e. The fourth-order valence-corrected chi connectivity index (χ4v) is 2.68. The summed E-state index contributed by atoms with van der Waals surface area (Å²) in [5.74, 6) is -0.578. The standard InChI is InChI=1S/C13H20N2O3/c1-8(16)13(2,12(14)18)10-5-6-15(7-10)11(17)9-3-4-9/h9-10H,3-7H2,1-2H3,(H2,14,18). The lowest BCUT2D eigenvalue weighted by atomic mass is 9.73. The van der Waals surface area contributed by atoms with E-state index in [1.807, 2.05) is 0 Å². The maximum Gasteiger partial charge on any atom is 0.231 e. The molecule has 2 aliphatic rings. The minimum Gasteiger partial charge on any atom is -0.369 e. The Balaban J connectivity index is 2.08. The zero-order valence-electron chi connectivity index (χ0n) is 10.9. The molecule has 1 saturated carbocycles. The highest BCUT2D eigenvalue weighted by Crippen LogP contribution is 2.38. The first-order valence-electron chi connectivity index (χ1n) is 6.47. The molecule has 0 spiro atoms. The van der Waals surface area contributed by atoms with Gasteiger partial charge in [-0.05, 0) is 39.0 Å². The number of amides is 2. The molecule has 1 aliphatic heterocycles. The molecular formula is C13H20N2O3. The Morgan fingerprint density at radius 1 is 1.22 bits per heavy atom. The topological polar surface area (TPSA) is 80.5 Å². The summed E-state index contributed by atoms with van der Waals surface area (Å²) < 4.78 is 0. The molecule has 100 valence electrons. The molecule has 1 saturated heterocycles. The molecule has 2 rings (SSSR count). The van der Waals surface area contributed by atoms with E-state index < -0.39 is 11.3 Å². The maximum absolute atomic E-state index is 11.9. The van der Waals surface area contributed by atoms with E-state index in [1.54, 1.807) is 11.8 Å². The van der Waals surface area contributed by atoms with Crippen LogP contribution in [0.5, 0.6) is 0 Å². The van der Waals surface area contributed by atoms with Gasteiger partial charge in [-0.25, -0.2) is 0 Å². The highest BCUT2D eigenvalue weighted by molar-refractivity contribution is 6.04. The van der Waals surface area contributed by atoms with Crippen molar-refractivity contribution in [3.05, 3.63) is 0 Å². The summed E-state index contributed by atoms with van der Waals surface area (Å²) in [4.78, 5) is 37.0. The van der Waals surface area contributed by atoms with Crippen molar-refractivity contribution in [1.82, 2.24) is 4.90 Å². The highest BCUT2D eigenvalue weighted by atomic mass is 16.2. The molecular weight excluding hydrogens is 232 g/mol. The summed E-state index contributed by atoms with van der Waals surface area (Å²) in [6.45, 7) is 4.12. The van der Waals surface area contributed by atoms with Crippen molar-refractivity contribution in [3.8, 4) is 0 Å². The second-order valence-corrected chi connectivity index (χ2v) is 5.67. The minimum absolute atomic E-state index is 0.143. The van der Waals surface area contributed by atoms with Crippen LogP contribution in [0.25, 0.3) is 0 Å². The molecule has 18 heavy (non-hydrogen) atoms. The Morgan fingerprint density at radius 2 is 1.83 bits per heavy atom. The number of nitrogens with zero attached hydrogens (tertiary/aromatic N) is 1. The van der Waals surface area contributed by atoms with Crippen LogP contribution >= 0.6 is 0 Å². The van der Waals surface area contributed by atoms with Gasteiger partial charge in [0.25, 0.3) is 0 Å². The van der Waals surface area contributed by atoms with Crippen LogP contribution < -0.4 is 5.73 Å². The summed E-state index contributed by atoms with van der Waals surface area (Å²) in [5.41, 5.74) is 4.24. The Kier molecular flexibility index (Phi) is 3.17. The lowest BCUT2D eigenvalue weighted by Crippen LogP contribution is -2.47. The monoisotopic (exact) mass is 252 g/mol. The predicted molar refractivity (Wildman–Crippen MR) is 65.4 cm³/mol. The van der Waals surface area contributed by atoms with Crippen LogP contribution in [0.3, 0.4) is 0 Å². The Hall–Kier alpha value is -1.39. The van der Waals surface area contributed by atoms with Crippen LogP contribution in [0.4, 0.5) is 0 Å². The van der Waals surface area contributed by atoms with Gasteiger partial charge in [0.2, 0.25) is 11.8 Å². The Morgan fingerprint density at radius 3 is 2.28 bits per heavy atom. The SMILES string of the molecule is CC(=O)C(C)(C(N)=O)C1CCN(C(=O)C2CC2)C1. The molecule has 2 N–H and O–H groups in total. The summed E-state index contributed by atoms with van der Waals surface area (Å²) in [7, 11) is 0. The van der Waals surface area contributed by atoms with Crippen LogP contribution in [-0.2, 0) is 14.4 Å². The zero-order chi connectivity index (χ0) is 13.5. The van der Waals surface area contributed by atoms with Crippen molar-refractivity contribution >= 4 is 17.6 Å². The first-order valence-corrected chi connectivity index (χ1v) is 6.47. The number of likely N-dealkylation sites (tertiary alicyclic amines) is 1. The van der Waals surface area contributed by atoms with Crippen LogP contribution in [-0.4, -0.2) is 35.6 Å². The molecule has 5 nitrogen and oxygen atoms in total. The Bertz CT molecular complexity index is 387. The van der Waals surface area contributed by atoms with E-state index in [0.717, 1.165) is 12.8 Å². The number of carbonyl (C=O) groups excluding carboxylic acids is 3. The third-order valence-electron chi connectivity index (χ3n) is 4.49. The number of hydrogen-bond acceptors (Lipinski definition) is 3. The molecule has 0 aromatic carbocycles. The number of rotatable bonds is 4. The van der Waals surface area contributed by atoms with E-state index in [-0.39, 0.29) is 23.5 Å². The van der Waals surface area contributed by atoms with Gasteiger partial charge >= 0.3 is 0 Å². The summed E-state index contributed by atoms with van der Waals surface area (Å²) in [5, 5.41) is 0. The summed E-state index contributed by atoms with van der Waals surface area (Å²) in [6.07, 6.45) is 2.62. The van der Waals surface area contributed by atoms with Gasteiger partial charge in [0.05, 0.1) is 0 Å². The predicted octanol–water partition coefficient (Wildman–Crippen LogP) is 0.325. The van der Waals surface area contributed by atoms with E-state index in [1.165, 1.54) is 6.92 Å². The zero-order valence-corrected chi connectivity index (χ0v) is 10.9.